The number of amides is 3. The van der Waals surface area contributed by atoms with Crippen molar-refractivity contribution < 1.29 is 27.9 Å². The van der Waals surface area contributed by atoms with Crippen LogP contribution in [0.4, 0.5) is 16.2 Å². The highest BCUT2D eigenvalue weighted by Crippen LogP contribution is 2.36. The maximum absolute atomic E-state index is 13.6. The molecule has 2 aromatic carbocycles. The Labute approximate surface area is 232 Å². The molecular weight excluding hydrogens is 540 g/mol. The first-order valence-corrected chi connectivity index (χ1v) is 14.8. The highest BCUT2D eigenvalue weighted by Gasteiger charge is 2.35. The van der Waals surface area contributed by atoms with Crippen LogP contribution in [0.1, 0.15) is 24.2 Å². The van der Waals surface area contributed by atoms with E-state index in [1.54, 1.807) is 54.6 Å². The van der Waals surface area contributed by atoms with Gasteiger partial charge in [0, 0.05) is 25.2 Å². The number of thiophene rings is 1. The van der Waals surface area contributed by atoms with Crippen LogP contribution >= 0.6 is 11.3 Å². The van der Waals surface area contributed by atoms with Gasteiger partial charge >= 0.3 is 6.03 Å². The van der Waals surface area contributed by atoms with E-state index in [2.05, 4.69) is 10.0 Å². The van der Waals surface area contributed by atoms with Crippen molar-refractivity contribution in [3.8, 4) is 5.75 Å². The number of hydrogen-bond acceptors (Lipinski definition) is 7. The van der Waals surface area contributed by atoms with E-state index in [4.69, 9.17) is 4.74 Å². The molecular formula is C27H32N4O6S2. The van der Waals surface area contributed by atoms with Crippen LogP contribution in [0.25, 0.3) is 0 Å². The SMILES string of the molecule is C[C@H](CO)N1C[C@H](C)[C@H](CN(C)C(=O)Nc2ccccc2)Oc2c(NS(=O)(=O)c3cccs3)cccc2C1=O. The van der Waals surface area contributed by atoms with Gasteiger partial charge in [0.2, 0.25) is 0 Å². The highest BCUT2D eigenvalue weighted by atomic mass is 32.2. The number of aliphatic hydroxyl groups excluding tert-OH is 1. The van der Waals surface area contributed by atoms with Crippen LogP contribution in [0, 0.1) is 5.92 Å². The molecule has 3 N–H and O–H groups in total. The summed E-state index contributed by atoms with van der Waals surface area (Å²) in [5, 5.41) is 14.4. The van der Waals surface area contributed by atoms with Crippen molar-refractivity contribution in [1.82, 2.24) is 9.80 Å². The number of likely N-dealkylation sites (N-methyl/N-ethyl adjacent to an activating group) is 1. The topological polar surface area (TPSA) is 128 Å². The molecule has 208 valence electrons. The third-order valence-corrected chi connectivity index (χ3v) is 9.28. The van der Waals surface area contributed by atoms with Crippen LogP contribution in [0.15, 0.2) is 70.3 Å². The molecule has 3 amide bonds. The lowest BCUT2D eigenvalue weighted by atomic mass is 9.99. The van der Waals surface area contributed by atoms with E-state index in [9.17, 15) is 23.1 Å². The van der Waals surface area contributed by atoms with Crippen LogP contribution in [-0.4, -0.2) is 74.2 Å². The summed E-state index contributed by atoms with van der Waals surface area (Å²) in [6.45, 7) is 3.81. The third kappa shape index (κ3) is 6.52. The number of nitrogens with one attached hydrogen (secondary N) is 2. The Kier molecular flexibility index (Phi) is 8.78. The lowest BCUT2D eigenvalue weighted by Crippen LogP contribution is -2.50. The Bertz CT molecular complexity index is 1400. The number of para-hydroxylation sites is 2. The number of anilines is 2. The smallest absolute Gasteiger partial charge is 0.321 e. The van der Waals surface area contributed by atoms with Crippen molar-refractivity contribution in [2.45, 2.75) is 30.2 Å². The molecule has 1 aromatic heterocycles. The number of nitrogens with zero attached hydrogens (tertiary/aromatic N) is 2. The largest absolute Gasteiger partial charge is 0.485 e. The quantitative estimate of drug-likeness (QED) is 0.375. The number of hydrogen-bond donors (Lipinski definition) is 3. The van der Waals surface area contributed by atoms with Gasteiger partial charge in [0.05, 0.1) is 30.4 Å². The minimum absolute atomic E-state index is 0.0752. The molecule has 3 aromatic rings. The molecule has 3 atom stereocenters. The number of fused-ring (bicyclic) bond motifs is 1. The van der Waals surface area contributed by atoms with Gasteiger partial charge in [-0.3, -0.25) is 9.52 Å². The van der Waals surface area contributed by atoms with Crippen LogP contribution in [0.2, 0.25) is 0 Å². The van der Waals surface area contributed by atoms with Crippen molar-refractivity contribution in [3.05, 3.63) is 71.6 Å². The van der Waals surface area contributed by atoms with Crippen molar-refractivity contribution >= 4 is 44.7 Å². The van der Waals surface area contributed by atoms with Crippen LogP contribution in [0.3, 0.4) is 0 Å². The van der Waals surface area contributed by atoms with E-state index < -0.39 is 22.2 Å². The van der Waals surface area contributed by atoms with Gasteiger partial charge in [0.15, 0.2) is 5.75 Å². The zero-order chi connectivity index (χ0) is 28.2. The first-order valence-electron chi connectivity index (χ1n) is 12.5. The van der Waals surface area contributed by atoms with Crippen molar-refractivity contribution in [3.63, 3.8) is 0 Å². The van der Waals surface area contributed by atoms with Crippen molar-refractivity contribution in [2.24, 2.45) is 5.92 Å². The lowest BCUT2D eigenvalue weighted by molar-refractivity contribution is 0.0373. The number of carbonyl (C=O) groups is 2. The minimum Gasteiger partial charge on any atom is -0.485 e. The lowest BCUT2D eigenvalue weighted by Gasteiger charge is -2.38. The summed E-state index contributed by atoms with van der Waals surface area (Å²) in [6.07, 6.45) is -0.607. The van der Waals surface area contributed by atoms with E-state index >= 15 is 0 Å². The normalized spacial score (nSPS) is 18.3. The molecule has 2 heterocycles. The summed E-state index contributed by atoms with van der Waals surface area (Å²) in [7, 11) is -2.29. The van der Waals surface area contributed by atoms with Crippen molar-refractivity contribution in [1.29, 1.82) is 0 Å². The molecule has 12 heteroatoms. The maximum atomic E-state index is 13.6. The van der Waals surface area contributed by atoms with E-state index in [1.807, 2.05) is 25.1 Å². The van der Waals surface area contributed by atoms with E-state index in [-0.39, 0.29) is 58.8 Å². The van der Waals surface area contributed by atoms with Gasteiger partial charge in [-0.15, -0.1) is 11.3 Å². The summed E-state index contributed by atoms with van der Waals surface area (Å²) < 4.78 is 35.2. The number of urea groups is 1. The zero-order valence-corrected chi connectivity index (χ0v) is 23.5. The molecule has 0 spiro atoms. The zero-order valence-electron chi connectivity index (χ0n) is 21.9. The second kappa shape index (κ2) is 12.1. The Hall–Kier alpha value is -3.61. The molecule has 1 aliphatic rings. The number of aliphatic hydroxyl groups is 1. The molecule has 0 radical (unpaired) electrons. The van der Waals surface area contributed by atoms with Crippen molar-refractivity contribution in [2.75, 3.05) is 36.8 Å². The molecule has 39 heavy (non-hydrogen) atoms. The summed E-state index contributed by atoms with van der Waals surface area (Å²) in [4.78, 5) is 29.6. The number of benzene rings is 2. The number of ether oxygens (including phenoxy) is 1. The predicted molar refractivity (Wildman–Crippen MR) is 151 cm³/mol. The van der Waals surface area contributed by atoms with E-state index in [1.165, 1.54) is 17.0 Å². The fourth-order valence-electron chi connectivity index (χ4n) is 4.25. The average molecular weight is 573 g/mol. The van der Waals surface area contributed by atoms with Gasteiger partial charge in [0.25, 0.3) is 15.9 Å². The highest BCUT2D eigenvalue weighted by molar-refractivity contribution is 7.94. The molecule has 0 saturated heterocycles. The standard InChI is InChI=1S/C27H32N4O6S2/c1-18-15-31(19(2)17-32)26(33)21-11-7-12-22(29-39(35,36)24-13-8-14-38-24)25(21)37-23(18)16-30(3)27(34)28-20-9-5-4-6-10-20/h4-14,18-19,23,29,32H,15-17H2,1-3H3,(H,28,34)/t18-,19+,23-/m0/s1. The van der Waals surface area contributed by atoms with Crippen LogP contribution < -0.4 is 14.8 Å². The molecule has 10 nitrogen and oxygen atoms in total. The Morgan fingerprint density at radius 1 is 1.18 bits per heavy atom. The first kappa shape index (κ1) is 28.4. The molecule has 0 aliphatic carbocycles. The molecule has 0 unspecified atom stereocenters. The Morgan fingerprint density at radius 3 is 2.59 bits per heavy atom. The molecule has 1 aliphatic heterocycles. The Balaban J connectivity index is 1.68. The monoisotopic (exact) mass is 572 g/mol. The third-order valence-electron chi connectivity index (χ3n) is 6.52. The van der Waals surface area contributed by atoms with Gasteiger partial charge in [-0.05, 0) is 42.6 Å². The van der Waals surface area contributed by atoms with E-state index in [0.29, 0.717) is 5.69 Å². The maximum Gasteiger partial charge on any atom is 0.321 e. The van der Waals surface area contributed by atoms with Crippen LogP contribution in [-0.2, 0) is 10.0 Å². The second-order valence-corrected chi connectivity index (χ2v) is 12.4. The van der Waals surface area contributed by atoms with E-state index in [0.717, 1.165) is 11.3 Å². The first-order chi connectivity index (χ1) is 18.6. The fraction of sp³-hybridized carbons (Fsp3) is 0.333. The van der Waals surface area contributed by atoms with Gasteiger partial charge in [-0.1, -0.05) is 37.3 Å². The summed E-state index contributed by atoms with van der Waals surface area (Å²) in [5.41, 5.74) is 0.918. The number of rotatable bonds is 8. The van der Waals surface area contributed by atoms with Gasteiger partial charge in [0.1, 0.15) is 10.3 Å². The molecule has 0 saturated carbocycles. The Morgan fingerprint density at radius 2 is 1.92 bits per heavy atom. The van der Waals surface area contributed by atoms with Gasteiger partial charge < -0.3 is 25.0 Å². The molecule has 0 fully saturated rings. The predicted octanol–water partition coefficient (Wildman–Crippen LogP) is 3.93. The summed E-state index contributed by atoms with van der Waals surface area (Å²) in [5.74, 6) is -0.583. The average Bonchev–Trinajstić information content (AvgIpc) is 3.47. The number of sulfonamides is 1. The molecule has 0 bridgehead atoms. The van der Waals surface area contributed by atoms with Crippen LogP contribution in [0.5, 0.6) is 5.75 Å². The number of carbonyl (C=O) groups excluding carboxylic acids is 2. The summed E-state index contributed by atoms with van der Waals surface area (Å²) in [6, 6.07) is 16.0. The van der Waals surface area contributed by atoms with Gasteiger partial charge in [-0.2, -0.15) is 0 Å². The van der Waals surface area contributed by atoms with Gasteiger partial charge in [-0.25, -0.2) is 13.2 Å². The fourth-order valence-corrected chi connectivity index (χ4v) is 6.30. The molecule has 4 rings (SSSR count). The summed E-state index contributed by atoms with van der Waals surface area (Å²) >= 11 is 1.07. The minimum atomic E-state index is -3.93. The second-order valence-electron chi connectivity index (χ2n) is 9.52.